The molecule has 0 saturated carbocycles. The zero-order chi connectivity index (χ0) is 14.4. The van der Waals surface area contributed by atoms with Crippen LogP contribution in [0.1, 0.15) is 33.0 Å². The molecule has 1 N–H and O–H groups in total. The summed E-state index contributed by atoms with van der Waals surface area (Å²) in [5, 5.41) is 15.6. The Morgan fingerprint density at radius 1 is 1.20 bits per heavy atom. The smallest absolute Gasteiger partial charge is 0.157 e. The lowest BCUT2D eigenvalue weighted by Crippen LogP contribution is -2.32. The highest BCUT2D eigenvalue weighted by Crippen LogP contribution is 2.20. The van der Waals surface area contributed by atoms with Crippen molar-refractivity contribution in [3.8, 4) is 5.69 Å². The lowest BCUT2D eigenvalue weighted by atomic mass is 9.89. The van der Waals surface area contributed by atoms with Crippen molar-refractivity contribution in [2.45, 2.75) is 33.6 Å². The van der Waals surface area contributed by atoms with Crippen molar-refractivity contribution in [2.75, 3.05) is 13.1 Å². The van der Waals surface area contributed by atoms with Gasteiger partial charge < -0.3 is 5.32 Å². The molecule has 1 aromatic carbocycles. The van der Waals surface area contributed by atoms with Crippen LogP contribution in [0.2, 0.25) is 0 Å². The molecule has 2 aromatic rings. The van der Waals surface area contributed by atoms with Crippen LogP contribution in [-0.4, -0.2) is 33.3 Å². The maximum absolute atomic E-state index is 4.18. The normalized spacial score (nSPS) is 11.8. The third-order valence-corrected chi connectivity index (χ3v) is 3.20. The molecule has 0 aliphatic heterocycles. The lowest BCUT2D eigenvalue weighted by molar-refractivity contribution is 0.329. The molecule has 5 nitrogen and oxygen atoms in total. The largest absolute Gasteiger partial charge is 0.316 e. The molecule has 0 aliphatic rings. The maximum atomic E-state index is 4.18. The van der Waals surface area contributed by atoms with Gasteiger partial charge in [-0.15, -0.1) is 5.10 Å². The van der Waals surface area contributed by atoms with Crippen molar-refractivity contribution in [3.05, 3.63) is 36.2 Å². The Morgan fingerprint density at radius 3 is 2.65 bits per heavy atom. The molecular formula is C15H23N5. The molecule has 1 heterocycles. The summed E-state index contributed by atoms with van der Waals surface area (Å²) in [7, 11) is 0. The van der Waals surface area contributed by atoms with Crippen LogP contribution in [0.15, 0.2) is 30.3 Å². The summed E-state index contributed by atoms with van der Waals surface area (Å²) >= 11 is 0. The Labute approximate surface area is 120 Å². The fourth-order valence-electron chi connectivity index (χ4n) is 2.18. The summed E-state index contributed by atoms with van der Waals surface area (Å²) in [5.74, 6) is 0.902. The van der Waals surface area contributed by atoms with Gasteiger partial charge in [0.2, 0.25) is 0 Å². The number of tetrazole rings is 1. The molecule has 108 valence electrons. The highest BCUT2D eigenvalue weighted by Gasteiger charge is 2.22. The van der Waals surface area contributed by atoms with E-state index >= 15 is 0 Å². The monoisotopic (exact) mass is 273 g/mol. The van der Waals surface area contributed by atoms with Crippen molar-refractivity contribution in [1.82, 2.24) is 25.5 Å². The third kappa shape index (κ3) is 3.87. The van der Waals surface area contributed by atoms with Crippen molar-refractivity contribution in [3.63, 3.8) is 0 Å². The maximum Gasteiger partial charge on any atom is 0.157 e. The molecule has 0 spiro atoms. The Morgan fingerprint density at radius 2 is 1.95 bits per heavy atom. The van der Waals surface area contributed by atoms with Gasteiger partial charge in [0.25, 0.3) is 0 Å². The summed E-state index contributed by atoms with van der Waals surface area (Å²) in [5.41, 5.74) is 1.13. The first-order chi connectivity index (χ1) is 9.62. The first-order valence-electron chi connectivity index (χ1n) is 7.16. The Bertz CT molecular complexity index is 518. The zero-order valence-corrected chi connectivity index (χ0v) is 12.5. The van der Waals surface area contributed by atoms with Gasteiger partial charge >= 0.3 is 0 Å². The third-order valence-electron chi connectivity index (χ3n) is 3.20. The van der Waals surface area contributed by atoms with Crippen molar-refractivity contribution in [2.24, 2.45) is 5.41 Å². The summed E-state index contributed by atoms with van der Waals surface area (Å²) in [6.07, 6.45) is 1.99. The van der Waals surface area contributed by atoms with E-state index in [0.29, 0.717) is 0 Å². The Kier molecular flexibility index (Phi) is 4.84. The van der Waals surface area contributed by atoms with E-state index in [1.807, 2.05) is 35.0 Å². The van der Waals surface area contributed by atoms with Gasteiger partial charge in [0.1, 0.15) is 0 Å². The minimum Gasteiger partial charge on any atom is -0.316 e. The second-order valence-electron chi connectivity index (χ2n) is 5.86. The number of nitrogens with one attached hydrogen (secondary N) is 1. The van der Waals surface area contributed by atoms with E-state index in [1.54, 1.807) is 0 Å². The van der Waals surface area contributed by atoms with Crippen LogP contribution in [0.3, 0.4) is 0 Å². The molecule has 5 heteroatoms. The molecule has 0 fully saturated rings. The van der Waals surface area contributed by atoms with E-state index in [0.717, 1.165) is 37.4 Å². The van der Waals surface area contributed by atoms with Crippen LogP contribution in [0.25, 0.3) is 5.69 Å². The Hall–Kier alpha value is -1.75. The predicted octanol–water partition coefficient (Wildman–Crippen LogP) is 2.23. The fourth-order valence-corrected chi connectivity index (χ4v) is 2.18. The van der Waals surface area contributed by atoms with Crippen LogP contribution >= 0.6 is 0 Å². The van der Waals surface area contributed by atoms with E-state index in [4.69, 9.17) is 0 Å². The van der Waals surface area contributed by atoms with Crippen LogP contribution < -0.4 is 5.32 Å². The van der Waals surface area contributed by atoms with E-state index in [1.165, 1.54) is 0 Å². The van der Waals surface area contributed by atoms with Crippen molar-refractivity contribution < 1.29 is 0 Å². The quantitative estimate of drug-likeness (QED) is 0.786. The second-order valence-corrected chi connectivity index (χ2v) is 5.86. The van der Waals surface area contributed by atoms with Gasteiger partial charge in [-0.1, -0.05) is 39.0 Å². The van der Waals surface area contributed by atoms with E-state index in [9.17, 15) is 0 Å². The molecule has 2 rings (SSSR count). The molecule has 0 unspecified atom stereocenters. The molecule has 0 atom stereocenters. The van der Waals surface area contributed by atoms with Gasteiger partial charge in [-0.2, -0.15) is 4.68 Å². The molecule has 0 saturated heterocycles. The van der Waals surface area contributed by atoms with Crippen LogP contribution in [0.4, 0.5) is 0 Å². The highest BCUT2D eigenvalue weighted by atomic mass is 15.5. The second kappa shape index (κ2) is 6.61. The summed E-state index contributed by atoms with van der Waals surface area (Å²) < 4.78 is 1.82. The van der Waals surface area contributed by atoms with Crippen LogP contribution in [0, 0.1) is 5.41 Å². The average Bonchev–Trinajstić information content (AvgIpc) is 2.87. The number of para-hydroxylation sites is 1. The molecule has 0 amide bonds. The SMILES string of the molecule is CCCNCC(C)(C)Cc1nnnn1-c1ccccc1. The van der Waals surface area contributed by atoms with Crippen LogP contribution in [-0.2, 0) is 6.42 Å². The summed E-state index contributed by atoms with van der Waals surface area (Å²) in [6.45, 7) is 8.66. The highest BCUT2D eigenvalue weighted by molar-refractivity contribution is 5.30. The first-order valence-corrected chi connectivity index (χ1v) is 7.16. The van der Waals surface area contributed by atoms with Gasteiger partial charge in [0, 0.05) is 13.0 Å². The minimum atomic E-state index is 0.121. The Balaban J connectivity index is 2.09. The number of hydrogen-bond acceptors (Lipinski definition) is 4. The van der Waals surface area contributed by atoms with E-state index in [2.05, 4.69) is 41.6 Å². The molecule has 0 radical (unpaired) electrons. The van der Waals surface area contributed by atoms with Gasteiger partial charge in [0.05, 0.1) is 5.69 Å². The average molecular weight is 273 g/mol. The van der Waals surface area contributed by atoms with Gasteiger partial charge in [0.15, 0.2) is 5.82 Å². The topological polar surface area (TPSA) is 55.6 Å². The number of aromatic nitrogens is 4. The molecule has 20 heavy (non-hydrogen) atoms. The van der Waals surface area contributed by atoms with Gasteiger partial charge in [-0.25, -0.2) is 0 Å². The summed E-state index contributed by atoms with van der Waals surface area (Å²) in [6, 6.07) is 10.0. The predicted molar refractivity (Wildman–Crippen MR) is 79.8 cm³/mol. The number of rotatable bonds is 7. The first kappa shape index (κ1) is 14.7. The lowest BCUT2D eigenvalue weighted by Gasteiger charge is -2.24. The molecule has 0 aliphatic carbocycles. The van der Waals surface area contributed by atoms with Crippen LogP contribution in [0.5, 0.6) is 0 Å². The molecule has 1 aromatic heterocycles. The van der Waals surface area contributed by atoms with E-state index < -0.39 is 0 Å². The number of nitrogens with zero attached hydrogens (tertiary/aromatic N) is 4. The summed E-state index contributed by atoms with van der Waals surface area (Å²) in [4.78, 5) is 0. The molecule has 0 bridgehead atoms. The van der Waals surface area contributed by atoms with Crippen molar-refractivity contribution in [1.29, 1.82) is 0 Å². The number of benzene rings is 1. The standard InChI is InChI=1S/C15H23N5/c1-4-10-16-12-15(2,3)11-14-17-18-19-20(14)13-8-6-5-7-9-13/h5-9,16H,4,10-12H2,1-3H3. The fraction of sp³-hybridized carbons (Fsp3) is 0.533. The minimum absolute atomic E-state index is 0.121. The van der Waals surface area contributed by atoms with Crippen molar-refractivity contribution >= 4 is 0 Å². The van der Waals surface area contributed by atoms with E-state index in [-0.39, 0.29) is 5.41 Å². The zero-order valence-electron chi connectivity index (χ0n) is 12.5. The van der Waals surface area contributed by atoms with Gasteiger partial charge in [-0.3, -0.25) is 0 Å². The number of hydrogen-bond donors (Lipinski definition) is 1. The van der Waals surface area contributed by atoms with Gasteiger partial charge in [-0.05, 0) is 40.9 Å². The molecular weight excluding hydrogens is 250 g/mol.